The van der Waals surface area contributed by atoms with Crippen LogP contribution in [0.4, 0.5) is 0 Å². The van der Waals surface area contributed by atoms with Crippen molar-refractivity contribution in [2.24, 2.45) is 52.3 Å². The Bertz CT molecular complexity index is 451. The highest BCUT2D eigenvalue weighted by atomic mass is 14.6. The third-order valence-electron chi connectivity index (χ3n) is 9.81. The molecule has 0 aromatic carbocycles. The van der Waals surface area contributed by atoms with Crippen molar-refractivity contribution in [1.29, 1.82) is 0 Å². The van der Waals surface area contributed by atoms with Crippen LogP contribution in [-0.2, 0) is 0 Å². The SMILES string of the molecule is CC.CC.CC1CCC2(C)C(CCC3C2CCC2(C)C(C(C)C)CCC32)C1. The summed E-state index contributed by atoms with van der Waals surface area (Å²) >= 11 is 0. The Kier molecular flexibility index (Phi) is 7.94. The molecule has 0 aromatic rings. The van der Waals surface area contributed by atoms with E-state index in [4.69, 9.17) is 0 Å². The van der Waals surface area contributed by atoms with Gasteiger partial charge in [0.15, 0.2) is 0 Å². The van der Waals surface area contributed by atoms with E-state index in [0.29, 0.717) is 10.8 Å². The van der Waals surface area contributed by atoms with Crippen molar-refractivity contribution >= 4 is 0 Å². The maximum atomic E-state index is 2.72. The van der Waals surface area contributed by atoms with Gasteiger partial charge in [-0.15, -0.1) is 0 Å². The van der Waals surface area contributed by atoms with Gasteiger partial charge < -0.3 is 0 Å². The van der Waals surface area contributed by atoms with Gasteiger partial charge in [0.25, 0.3) is 0 Å². The Morgan fingerprint density at radius 1 is 0.704 bits per heavy atom. The fourth-order valence-corrected chi connectivity index (χ4v) is 8.61. The molecule has 4 rings (SSSR count). The van der Waals surface area contributed by atoms with E-state index in [2.05, 4.69) is 34.6 Å². The maximum absolute atomic E-state index is 2.72. The van der Waals surface area contributed by atoms with Crippen LogP contribution in [0.15, 0.2) is 0 Å². The molecule has 8 atom stereocenters. The molecule has 4 aliphatic rings. The molecule has 0 N–H and O–H groups in total. The summed E-state index contributed by atoms with van der Waals surface area (Å²) in [5.41, 5.74) is 1.38. The Hall–Kier alpha value is 0. The first-order valence-electron chi connectivity index (χ1n) is 12.9. The van der Waals surface area contributed by atoms with Crippen molar-refractivity contribution in [3.8, 4) is 0 Å². The summed E-state index contributed by atoms with van der Waals surface area (Å²) in [5.74, 6) is 7.15. The highest BCUT2D eigenvalue weighted by molar-refractivity contribution is 5.09. The number of hydrogen-bond donors (Lipinski definition) is 0. The Labute approximate surface area is 172 Å². The highest BCUT2D eigenvalue weighted by Gasteiger charge is 2.60. The molecule has 0 heteroatoms. The number of rotatable bonds is 1. The van der Waals surface area contributed by atoms with Crippen molar-refractivity contribution in [1.82, 2.24) is 0 Å². The molecule has 0 amide bonds. The van der Waals surface area contributed by atoms with Gasteiger partial charge in [0, 0.05) is 0 Å². The summed E-state index contributed by atoms with van der Waals surface area (Å²) in [6.45, 7) is 20.9. The monoisotopic (exact) mass is 376 g/mol. The average Bonchev–Trinajstić information content (AvgIpc) is 3.03. The van der Waals surface area contributed by atoms with Crippen LogP contribution in [0.5, 0.6) is 0 Å². The van der Waals surface area contributed by atoms with Gasteiger partial charge >= 0.3 is 0 Å². The Morgan fingerprint density at radius 2 is 1.30 bits per heavy atom. The van der Waals surface area contributed by atoms with Crippen molar-refractivity contribution < 1.29 is 0 Å². The fraction of sp³-hybridized carbons (Fsp3) is 1.00. The molecule has 0 saturated heterocycles. The van der Waals surface area contributed by atoms with Gasteiger partial charge in [0.2, 0.25) is 0 Å². The molecular weight excluding hydrogens is 324 g/mol. The standard InChI is InChI=1S/C23H40.2C2H6/c1-15(2)19-8-9-20-18-7-6-17-14-16(3)10-12-22(17,4)21(18)11-13-23(19,20)5;2*1-2/h15-21H,6-14H2,1-5H3;2*1-2H3. The zero-order chi connectivity index (χ0) is 20.4. The van der Waals surface area contributed by atoms with Crippen molar-refractivity contribution in [3.63, 3.8) is 0 Å². The zero-order valence-electron chi connectivity index (χ0n) is 20.4. The molecular formula is C27H52. The molecule has 4 fully saturated rings. The van der Waals surface area contributed by atoms with Crippen molar-refractivity contribution in [2.45, 2.75) is 120 Å². The summed E-state index contributed by atoms with van der Waals surface area (Å²) in [7, 11) is 0. The van der Waals surface area contributed by atoms with Crippen LogP contribution in [0.2, 0.25) is 0 Å². The van der Waals surface area contributed by atoms with E-state index in [9.17, 15) is 0 Å². The molecule has 4 aliphatic carbocycles. The van der Waals surface area contributed by atoms with Crippen LogP contribution in [0.1, 0.15) is 120 Å². The predicted octanol–water partition coefficient (Wildman–Crippen LogP) is 8.99. The van der Waals surface area contributed by atoms with Gasteiger partial charge in [0.05, 0.1) is 0 Å². The van der Waals surface area contributed by atoms with E-state index in [1.807, 2.05) is 27.7 Å². The van der Waals surface area contributed by atoms with Crippen LogP contribution in [0.25, 0.3) is 0 Å². The van der Waals surface area contributed by atoms with Gasteiger partial charge in [0.1, 0.15) is 0 Å². The number of hydrogen-bond acceptors (Lipinski definition) is 0. The first-order chi connectivity index (χ1) is 12.9. The normalized spacial score (nSPS) is 48.2. The molecule has 0 nitrogen and oxygen atoms in total. The highest BCUT2D eigenvalue weighted by Crippen LogP contribution is 2.68. The summed E-state index contributed by atoms with van der Waals surface area (Å²) in [4.78, 5) is 0. The van der Waals surface area contributed by atoms with Gasteiger partial charge in [-0.05, 0) is 104 Å². The molecule has 0 heterocycles. The second-order valence-electron chi connectivity index (χ2n) is 11.0. The molecule has 0 aromatic heterocycles. The summed E-state index contributed by atoms with van der Waals surface area (Å²) in [6.07, 6.45) is 13.9. The smallest absolute Gasteiger partial charge is 0.0264 e. The summed E-state index contributed by atoms with van der Waals surface area (Å²) in [6, 6.07) is 0. The molecule has 4 saturated carbocycles. The van der Waals surface area contributed by atoms with Crippen molar-refractivity contribution in [3.05, 3.63) is 0 Å². The first kappa shape index (κ1) is 23.3. The van der Waals surface area contributed by atoms with E-state index in [1.165, 1.54) is 25.7 Å². The minimum Gasteiger partial charge on any atom is -0.0683 e. The zero-order valence-corrected chi connectivity index (χ0v) is 20.4. The van der Waals surface area contributed by atoms with Gasteiger partial charge in [-0.1, -0.05) is 68.7 Å². The second kappa shape index (κ2) is 9.21. The van der Waals surface area contributed by atoms with Gasteiger partial charge in [-0.25, -0.2) is 0 Å². The lowest BCUT2D eigenvalue weighted by Crippen LogP contribution is -2.53. The van der Waals surface area contributed by atoms with E-state index in [1.54, 1.807) is 32.1 Å². The van der Waals surface area contributed by atoms with E-state index >= 15 is 0 Å². The molecule has 27 heavy (non-hydrogen) atoms. The number of fused-ring (bicyclic) bond motifs is 5. The molecule has 8 unspecified atom stereocenters. The molecule has 0 radical (unpaired) electrons. The second-order valence-corrected chi connectivity index (χ2v) is 11.0. The maximum Gasteiger partial charge on any atom is -0.0264 e. The Morgan fingerprint density at radius 3 is 1.93 bits per heavy atom. The lowest BCUT2D eigenvalue weighted by molar-refractivity contribution is -0.119. The van der Waals surface area contributed by atoms with E-state index in [-0.39, 0.29) is 0 Å². The fourth-order valence-electron chi connectivity index (χ4n) is 8.61. The molecule has 0 aliphatic heterocycles. The van der Waals surface area contributed by atoms with Crippen molar-refractivity contribution in [2.75, 3.05) is 0 Å². The third-order valence-corrected chi connectivity index (χ3v) is 9.81. The van der Waals surface area contributed by atoms with Crippen LogP contribution >= 0.6 is 0 Å². The quantitative estimate of drug-likeness (QED) is 0.428. The lowest BCUT2D eigenvalue weighted by Gasteiger charge is -2.61. The summed E-state index contributed by atoms with van der Waals surface area (Å²) < 4.78 is 0. The topological polar surface area (TPSA) is 0 Å². The third kappa shape index (κ3) is 3.90. The molecule has 0 spiro atoms. The lowest BCUT2D eigenvalue weighted by atomic mass is 9.44. The van der Waals surface area contributed by atoms with E-state index < -0.39 is 0 Å². The minimum atomic E-state index is 0.681. The van der Waals surface area contributed by atoms with Crippen LogP contribution in [0.3, 0.4) is 0 Å². The van der Waals surface area contributed by atoms with E-state index in [0.717, 1.165) is 41.4 Å². The van der Waals surface area contributed by atoms with Gasteiger partial charge in [-0.3, -0.25) is 0 Å². The minimum absolute atomic E-state index is 0.681. The Balaban J connectivity index is 0.000000614. The molecule has 0 bridgehead atoms. The summed E-state index contributed by atoms with van der Waals surface area (Å²) in [5, 5.41) is 0. The largest absolute Gasteiger partial charge is 0.0683 e. The molecule has 160 valence electrons. The average molecular weight is 377 g/mol. The predicted molar refractivity (Wildman–Crippen MR) is 122 cm³/mol. The van der Waals surface area contributed by atoms with Gasteiger partial charge in [-0.2, -0.15) is 0 Å². The van der Waals surface area contributed by atoms with Crippen LogP contribution in [-0.4, -0.2) is 0 Å². The van der Waals surface area contributed by atoms with Crippen LogP contribution in [0, 0.1) is 52.3 Å². The van der Waals surface area contributed by atoms with Crippen LogP contribution < -0.4 is 0 Å². The first-order valence-corrected chi connectivity index (χ1v) is 12.9.